The number of halogens is 9. The minimum atomic E-state index is -5.94. The molecule has 0 amide bonds. The van der Waals surface area contributed by atoms with E-state index in [0.717, 1.165) is 12.1 Å². The van der Waals surface area contributed by atoms with Gasteiger partial charge in [0.25, 0.3) is 0 Å². The Bertz CT molecular complexity index is 1650. The Kier molecular flexibility index (Phi) is 12.0. The number of carbonyl (C=O) groups excluding carboxylic acids is 2. The molecule has 0 saturated carbocycles. The molecule has 0 fully saturated rings. The topological polar surface area (TPSA) is 142 Å². The zero-order chi connectivity index (χ0) is 31.0. The maximum absolute atomic E-state index is 14.2. The lowest BCUT2D eigenvalue weighted by molar-refractivity contribution is -0.271. The van der Waals surface area contributed by atoms with Crippen LogP contribution >= 0.6 is 113 Å². The van der Waals surface area contributed by atoms with Gasteiger partial charge in [0.05, 0.1) is 18.3 Å². The van der Waals surface area contributed by atoms with Gasteiger partial charge in [0.2, 0.25) is 17.4 Å². The predicted molar refractivity (Wildman–Crippen MR) is 171 cm³/mol. The summed E-state index contributed by atoms with van der Waals surface area (Å²) in [6.07, 6.45) is 0. The zero-order valence-corrected chi connectivity index (χ0v) is 30.7. The van der Waals surface area contributed by atoms with E-state index < -0.39 is 56.0 Å². The van der Waals surface area contributed by atoms with Crippen LogP contribution in [0.15, 0.2) is 23.1 Å². The van der Waals surface area contributed by atoms with E-state index in [0.29, 0.717) is 7.14 Å². The third-order valence-electron chi connectivity index (χ3n) is 4.76. The van der Waals surface area contributed by atoms with Gasteiger partial charge in [-0.2, -0.15) is 8.78 Å². The zero-order valence-electron chi connectivity index (χ0n) is 19.1. The SMILES string of the molecule is O=C(Oc1c(F)c(F)c(S(=O)(=O)[O-])c(F)c1F)c1cc(I)c(OCCOC(=O)c2c(I)cc(I)c([O-])c2I)c(I)c1. The van der Waals surface area contributed by atoms with Crippen LogP contribution < -0.4 is 14.6 Å². The molecule has 19 heteroatoms. The fraction of sp³-hybridized carbons (Fsp3) is 0.0909. The van der Waals surface area contributed by atoms with Gasteiger partial charge in [-0.05, 0) is 131 Å². The summed E-state index contributed by atoms with van der Waals surface area (Å²) < 4.78 is 106. The van der Waals surface area contributed by atoms with Crippen molar-refractivity contribution in [3.63, 3.8) is 0 Å². The maximum atomic E-state index is 14.2. The van der Waals surface area contributed by atoms with E-state index in [-0.39, 0.29) is 46.6 Å². The molecule has 0 bridgehead atoms. The standard InChI is InChI=1S/C22H9F4I5O9S/c23-12-14(25)20(41(35,36)37)15(26)13(24)19(12)40-21(33)6-3-9(29)18(10(30)4-6)38-1-2-39-22(34)11-7(27)5-8(28)17(32)16(11)31/h3-5,32H,1-2H2,(H,35,36,37)/p-2. The Labute approximate surface area is 296 Å². The monoisotopic (exact) mass is 1160 g/mol. The fourth-order valence-corrected chi connectivity index (χ4v) is 9.49. The molecule has 0 aromatic heterocycles. The Morgan fingerprint density at radius 1 is 0.756 bits per heavy atom. The van der Waals surface area contributed by atoms with Crippen molar-refractivity contribution in [3.8, 4) is 17.2 Å². The molecule has 3 rings (SSSR count). The first-order valence-corrected chi connectivity index (χ1v) is 16.9. The van der Waals surface area contributed by atoms with Crippen molar-refractivity contribution in [2.75, 3.05) is 13.2 Å². The highest BCUT2D eigenvalue weighted by Crippen LogP contribution is 2.35. The van der Waals surface area contributed by atoms with Gasteiger partial charge in [0, 0.05) is 10.7 Å². The first-order valence-electron chi connectivity index (χ1n) is 10.1. The van der Waals surface area contributed by atoms with E-state index in [1.165, 1.54) is 0 Å². The van der Waals surface area contributed by atoms with Crippen LogP contribution in [0.4, 0.5) is 17.6 Å². The van der Waals surface area contributed by atoms with Crippen molar-refractivity contribution in [3.05, 3.63) is 70.4 Å². The molecule has 0 N–H and O–H groups in total. The minimum absolute atomic E-state index is 0.126. The molecule has 3 aromatic carbocycles. The molecule has 0 heterocycles. The normalized spacial score (nSPS) is 11.4. The number of esters is 2. The van der Waals surface area contributed by atoms with E-state index >= 15 is 0 Å². The molecule has 0 atom stereocenters. The molecular weight excluding hydrogens is 1150 g/mol. The molecule has 9 nitrogen and oxygen atoms in total. The van der Waals surface area contributed by atoms with Crippen molar-refractivity contribution in [1.82, 2.24) is 0 Å². The summed E-state index contributed by atoms with van der Waals surface area (Å²) in [4.78, 5) is 22.6. The summed E-state index contributed by atoms with van der Waals surface area (Å²) in [7, 11) is -5.94. The summed E-state index contributed by atoms with van der Waals surface area (Å²) in [6, 6.07) is 3.85. The average Bonchev–Trinajstić information content (AvgIpc) is 2.86. The summed E-state index contributed by atoms with van der Waals surface area (Å²) in [5, 5.41) is 12.1. The van der Waals surface area contributed by atoms with Gasteiger partial charge in [-0.3, -0.25) is 0 Å². The van der Waals surface area contributed by atoms with Crippen LogP contribution in [0.1, 0.15) is 20.7 Å². The summed E-state index contributed by atoms with van der Waals surface area (Å²) in [5.41, 5.74) is -0.213. The molecular formula is C22H7F4I5O9S-2. The van der Waals surface area contributed by atoms with E-state index in [4.69, 9.17) is 9.47 Å². The minimum Gasteiger partial charge on any atom is -0.871 e. The smallest absolute Gasteiger partial charge is 0.343 e. The lowest BCUT2D eigenvalue weighted by Gasteiger charge is -2.17. The van der Waals surface area contributed by atoms with Crippen molar-refractivity contribution < 1.29 is 59.4 Å². The fourth-order valence-electron chi connectivity index (χ4n) is 2.98. The van der Waals surface area contributed by atoms with Crippen molar-refractivity contribution >= 4 is 135 Å². The van der Waals surface area contributed by atoms with Gasteiger partial charge < -0.3 is 23.9 Å². The molecule has 0 saturated heterocycles. The maximum Gasteiger partial charge on any atom is 0.343 e. The number of benzene rings is 3. The van der Waals surface area contributed by atoms with E-state index in [9.17, 15) is 45.2 Å². The molecule has 0 aliphatic carbocycles. The Balaban J connectivity index is 1.73. The summed E-state index contributed by atoms with van der Waals surface area (Å²) in [5.74, 6) is -14.1. The molecule has 0 unspecified atom stereocenters. The number of hydrogen-bond donors (Lipinski definition) is 0. The molecule has 0 spiro atoms. The molecule has 0 aliphatic rings. The van der Waals surface area contributed by atoms with Gasteiger partial charge in [-0.25, -0.2) is 26.8 Å². The first-order chi connectivity index (χ1) is 19.0. The molecule has 220 valence electrons. The number of carbonyl (C=O) groups is 2. The number of rotatable bonds is 8. The van der Waals surface area contributed by atoms with Crippen LogP contribution in [0.3, 0.4) is 0 Å². The van der Waals surface area contributed by atoms with Gasteiger partial charge in [0.1, 0.15) is 34.0 Å². The number of hydrogen-bond acceptors (Lipinski definition) is 9. The van der Waals surface area contributed by atoms with Crippen molar-refractivity contribution in [1.29, 1.82) is 0 Å². The quantitative estimate of drug-likeness (QED) is 0.0529. The predicted octanol–water partition coefficient (Wildman–Crippen LogP) is 5.70. The average molecular weight is 1160 g/mol. The van der Waals surface area contributed by atoms with Gasteiger partial charge in [-0.1, -0.05) is 5.75 Å². The second-order valence-electron chi connectivity index (χ2n) is 7.37. The summed E-state index contributed by atoms with van der Waals surface area (Å²) >= 11 is 9.05. The van der Waals surface area contributed by atoms with Crippen LogP contribution in [0.2, 0.25) is 0 Å². The van der Waals surface area contributed by atoms with Gasteiger partial charge >= 0.3 is 11.9 Å². The van der Waals surface area contributed by atoms with E-state index in [1.54, 1.807) is 73.8 Å². The van der Waals surface area contributed by atoms with Crippen molar-refractivity contribution in [2.45, 2.75) is 4.90 Å². The third-order valence-corrected chi connectivity index (χ3v) is 9.90. The van der Waals surface area contributed by atoms with Crippen LogP contribution in [0, 0.1) is 41.1 Å². The highest BCUT2D eigenvalue weighted by molar-refractivity contribution is 14.1. The highest BCUT2D eigenvalue weighted by Gasteiger charge is 2.31. The Morgan fingerprint density at radius 3 is 1.80 bits per heavy atom. The first kappa shape index (κ1) is 35.0. The number of ether oxygens (including phenoxy) is 3. The lowest BCUT2D eigenvalue weighted by Crippen LogP contribution is -2.17. The van der Waals surface area contributed by atoms with Crippen molar-refractivity contribution in [2.24, 2.45) is 0 Å². The van der Waals surface area contributed by atoms with E-state index in [2.05, 4.69) is 4.74 Å². The van der Waals surface area contributed by atoms with Crippen LogP contribution in [-0.2, 0) is 14.9 Å². The Hall–Kier alpha value is -0.520. The largest absolute Gasteiger partial charge is 0.871 e. The molecule has 0 aliphatic heterocycles. The molecule has 3 aromatic rings. The van der Waals surface area contributed by atoms with Gasteiger partial charge in [-0.15, -0.1) is 0 Å². The van der Waals surface area contributed by atoms with Crippen LogP contribution in [0.25, 0.3) is 0 Å². The lowest BCUT2D eigenvalue weighted by atomic mass is 10.2. The van der Waals surface area contributed by atoms with Gasteiger partial charge in [0.15, 0.2) is 11.6 Å². The van der Waals surface area contributed by atoms with E-state index in [1.807, 2.05) is 45.2 Å². The second-order valence-corrected chi connectivity index (χ2v) is 14.4. The molecule has 41 heavy (non-hydrogen) atoms. The third kappa shape index (κ3) is 7.77. The molecule has 0 radical (unpaired) electrons. The summed E-state index contributed by atoms with van der Waals surface area (Å²) in [6.45, 7) is -0.362. The highest BCUT2D eigenvalue weighted by atomic mass is 127. The van der Waals surface area contributed by atoms with Crippen LogP contribution in [0.5, 0.6) is 17.2 Å². The Morgan fingerprint density at radius 2 is 1.29 bits per heavy atom. The second kappa shape index (κ2) is 14.1. The van der Waals surface area contributed by atoms with Crippen LogP contribution in [-0.4, -0.2) is 38.1 Å².